The molecule has 0 aliphatic carbocycles. The molecule has 0 radical (unpaired) electrons. The number of amides is 3. The van der Waals surface area contributed by atoms with Gasteiger partial charge in [-0.3, -0.25) is 14.6 Å². The third kappa shape index (κ3) is 1.59. The van der Waals surface area contributed by atoms with Crippen LogP contribution >= 0.6 is 0 Å². The van der Waals surface area contributed by atoms with E-state index in [0.717, 1.165) is 0 Å². The second-order valence-electron chi connectivity index (χ2n) is 4.76. The van der Waals surface area contributed by atoms with Crippen LogP contribution in [0.1, 0.15) is 18.7 Å². The third-order valence-electron chi connectivity index (χ3n) is 3.41. The highest BCUT2D eigenvalue weighted by atomic mass is 16.4. The molecule has 104 valence electrons. The molecular weight excluding hydrogens is 260 g/mol. The van der Waals surface area contributed by atoms with Crippen LogP contribution in [-0.4, -0.2) is 41.2 Å². The molecule has 2 aliphatic rings. The molecule has 1 saturated heterocycles. The molecule has 1 aromatic heterocycles. The van der Waals surface area contributed by atoms with Gasteiger partial charge < -0.3 is 4.42 Å². The predicted molar refractivity (Wildman–Crippen MR) is 69.5 cm³/mol. The minimum atomic E-state index is -0.615. The number of aryl methyl sites for hydroxylation is 1. The Morgan fingerprint density at radius 2 is 2.25 bits per heavy atom. The maximum absolute atomic E-state index is 12.5. The van der Waals surface area contributed by atoms with Gasteiger partial charge in [-0.05, 0) is 13.8 Å². The van der Waals surface area contributed by atoms with Crippen molar-refractivity contribution in [3.05, 3.63) is 24.1 Å². The molecule has 0 N–H and O–H groups in total. The maximum atomic E-state index is 12.5. The maximum Gasteiger partial charge on any atom is 0.506 e. The van der Waals surface area contributed by atoms with Crippen molar-refractivity contribution >= 4 is 23.8 Å². The van der Waals surface area contributed by atoms with E-state index in [4.69, 9.17) is 4.42 Å². The van der Waals surface area contributed by atoms with Crippen molar-refractivity contribution in [2.75, 3.05) is 13.6 Å². The molecule has 1 atom stereocenters. The predicted octanol–water partition coefficient (Wildman–Crippen LogP) is 0.930. The van der Waals surface area contributed by atoms with Gasteiger partial charge in [0.2, 0.25) is 0 Å². The van der Waals surface area contributed by atoms with Crippen LogP contribution in [-0.2, 0) is 4.79 Å². The van der Waals surface area contributed by atoms with Crippen molar-refractivity contribution in [2.24, 2.45) is 4.99 Å². The summed E-state index contributed by atoms with van der Waals surface area (Å²) in [4.78, 5) is 31.6. The van der Waals surface area contributed by atoms with E-state index in [0.29, 0.717) is 17.6 Å². The van der Waals surface area contributed by atoms with Crippen LogP contribution in [0.5, 0.6) is 0 Å². The van der Waals surface area contributed by atoms with Gasteiger partial charge in [0.25, 0.3) is 17.8 Å². The van der Waals surface area contributed by atoms with Crippen LogP contribution in [0.3, 0.4) is 0 Å². The zero-order chi connectivity index (χ0) is 14.4. The largest absolute Gasteiger partial charge is 0.506 e. The highest BCUT2D eigenvalue weighted by molar-refractivity contribution is 6.19. The lowest BCUT2D eigenvalue weighted by atomic mass is 10.1. The summed E-state index contributed by atoms with van der Waals surface area (Å²) >= 11 is 0. The molecular formula is C13H15N4O3+. The number of hydrogen-bond donors (Lipinski definition) is 0. The van der Waals surface area contributed by atoms with E-state index in [1.807, 2.05) is 6.92 Å². The second-order valence-corrected chi connectivity index (χ2v) is 4.76. The van der Waals surface area contributed by atoms with E-state index in [1.165, 1.54) is 9.80 Å². The van der Waals surface area contributed by atoms with Gasteiger partial charge in [-0.2, -0.15) is 4.57 Å². The molecule has 0 spiro atoms. The Bertz CT molecular complexity index is 659. The van der Waals surface area contributed by atoms with Crippen molar-refractivity contribution in [3.63, 3.8) is 0 Å². The molecule has 1 unspecified atom stereocenters. The summed E-state index contributed by atoms with van der Waals surface area (Å²) in [7, 11) is 1.61. The van der Waals surface area contributed by atoms with Crippen LogP contribution in [0.15, 0.2) is 27.8 Å². The van der Waals surface area contributed by atoms with Crippen LogP contribution in [0.25, 0.3) is 0 Å². The van der Waals surface area contributed by atoms with Crippen LogP contribution < -0.4 is 4.57 Å². The summed E-state index contributed by atoms with van der Waals surface area (Å²) in [6, 6.07) is -0.635. The number of nitrogens with zero attached hydrogens (tertiary/aromatic N) is 4. The van der Waals surface area contributed by atoms with Gasteiger partial charge in [0, 0.05) is 18.6 Å². The number of aliphatic imine (C=N–C) groups is 1. The Morgan fingerprint density at radius 3 is 2.95 bits per heavy atom. The lowest BCUT2D eigenvalue weighted by Gasteiger charge is -2.31. The fraction of sp³-hybridized carbons (Fsp3) is 0.385. The van der Waals surface area contributed by atoms with Gasteiger partial charge in [-0.1, -0.05) is 12.2 Å². The number of hydrogen-bond acceptors (Lipinski definition) is 4. The first-order chi connectivity index (χ1) is 9.54. The van der Waals surface area contributed by atoms with Crippen LogP contribution in [0.2, 0.25) is 0 Å². The van der Waals surface area contributed by atoms with Crippen LogP contribution in [0.4, 0.5) is 10.8 Å². The lowest BCUT2D eigenvalue weighted by Crippen LogP contribution is -2.62. The van der Waals surface area contributed by atoms with Gasteiger partial charge in [-0.25, -0.2) is 4.79 Å². The van der Waals surface area contributed by atoms with E-state index in [2.05, 4.69) is 4.99 Å². The molecule has 3 rings (SSSR count). The Hall–Kier alpha value is -2.44. The number of rotatable bonds is 2. The number of carbonyl (C=O) groups is 2. The molecule has 1 fully saturated rings. The standard InChI is InChI=1S/C13H15N4O3/c1-4-5-6-16-11(18)9-10(15(3)13(16)19)14-12-17(9)7-8(2)20-12/h4-5,7,9H,6H2,1-3H3/q+1/b5-4+. The molecule has 7 heteroatoms. The van der Waals surface area contributed by atoms with Crippen molar-refractivity contribution < 1.29 is 18.6 Å². The summed E-state index contributed by atoms with van der Waals surface area (Å²) in [6.45, 7) is 3.90. The fourth-order valence-electron chi connectivity index (χ4n) is 2.41. The van der Waals surface area contributed by atoms with Crippen molar-refractivity contribution in [1.29, 1.82) is 0 Å². The molecule has 3 amide bonds. The molecule has 1 aromatic rings. The molecule has 3 heterocycles. The number of likely N-dealkylation sites (N-methyl/N-ethyl adjacent to an activating group) is 1. The van der Waals surface area contributed by atoms with Crippen molar-refractivity contribution in [1.82, 2.24) is 9.80 Å². The average Bonchev–Trinajstić information content (AvgIpc) is 2.92. The van der Waals surface area contributed by atoms with E-state index in [1.54, 1.807) is 36.9 Å². The number of oxazole rings is 1. The van der Waals surface area contributed by atoms with Gasteiger partial charge in [-0.15, -0.1) is 0 Å². The monoisotopic (exact) mass is 275 g/mol. The normalized spacial score (nSPS) is 21.6. The van der Waals surface area contributed by atoms with Crippen LogP contribution in [0, 0.1) is 6.92 Å². The second kappa shape index (κ2) is 4.29. The number of aromatic nitrogens is 1. The van der Waals surface area contributed by atoms with E-state index >= 15 is 0 Å². The first-order valence-corrected chi connectivity index (χ1v) is 6.35. The van der Waals surface area contributed by atoms with Gasteiger partial charge >= 0.3 is 12.0 Å². The van der Waals surface area contributed by atoms with Crippen molar-refractivity contribution in [2.45, 2.75) is 19.9 Å². The van der Waals surface area contributed by atoms with Crippen molar-refractivity contribution in [3.8, 4) is 0 Å². The highest BCUT2D eigenvalue weighted by Gasteiger charge is 2.54. The molecule has 2 aliphatic heterocycles. The summed E-state index contributed by atoms with van der Waals surface area (Å²) in [5.74, 6) is 0.806. The lowest BCUT2D eigenvalue weighted by molar-refractivity contribution is -0.679. The number of imide groups is 1. The van der Waals surface area contributed by atoms with Gasteiger partial charge in [0.05, 0.1) is 0 Å². The summed E-state index contributed by atoms with van der Waals surface area (Å²) < 4.78 is 7.08. The first-order valence-electron chi connectivity index (χ1n) is 6.35. The first kappa shape index (κ1) is 12.6. The molecule has 7 nitrogen and oxygen atoms in total. The number of urea groups is 1. The minimum Gasteiger partial charge on any atom is -0.390 e. The topological polar surface area (TPSA) is 70.0 Å². The van der Waals surface area contributed by atoms with Gasteiger partial charge in [0.15, 0.2) is 0 Å². The number of fused-ring (bicyclic) bond motifs is 3. The average molecular weight is 275 g/mol. The Morgan fingerprint density at radius 1 is 1.50 bits per heavy atom. The minimum absolute atomic E-state index is 0.259. The SMILES string of the molecule is C/C=C/CN1C(=O)C2C(=Nc3oc(C)c[n+]32)N(C)C1=O. The van der Waals surface area contributed by atoms with E-state index < -0.39 is 6.04 Å². The number of allylic oxidation sites excluding steroid dienone is 1. The Balaban J connectivity index is 2.03. The van der Waals surface area contributed by atoms with E-state index in [-0.39, 0.29) is 18.5 Å². The highest BCUT2D eigenvalue weighted by Crippen LogP contribution is 2.28. The smallest absolute Gasteiger partial charge is 0.390 e. The summed E-state index contributed by atoms with van der Waals surface area (Å²) in [5.41, 5.74) is 0. The third-order valence-corrected chi connectivity index (χ3v) is 3.41. The Kier molecular flexibility index (Phi) is 2.70. The molecule has 0 saturated carbocycles. The zero-order valence-corrected chi connectivity index (χ0v) is 11.5. The van der Waals surface area contributed by atoms with E-state index in [9.17, 15) is 9.59 Å². The summed E-state index contributed by atoms with van der Waals surface area (Å²) in [6.07, 6.45) is 5.30. The number of amidine groups is 1. The molecule has 0 aromatic carbocycles. The number of carbonyl (C=O) groups excluding carboxylic acids is 2. The fourth-order valence-corrected chi connectivity index (χ4v) is 2.41. The summed E-state index contributed by atoms with van der Waals surface area (Å²) in [5, 5.41) is 0. The quantitative estimate of drug-likeness (QED) is 0.595. The molecule has 0 bridgehead atoms. The Labute approximate surface area is 115 Å². The van der Waals surface area contributed by atoms with Gasteiger partial charge in [0.1, 0.15) is 12.0 Å². The zero-order valence-electron chi connectivity index (χ0n) is 11.5. The molecule has 20 heavy (non-hydrogen) atoms.